The van der Waals surface area contributed by atoms with Crippen LogP contribution in [0.1, 0.15) is 18.5 Å². The molecule has 0 heterocycles. The molecule has 0 fully saturated rings. The van der Waals surface area contributed by atoms with Crippen molar-refractivity contribution in [2.75, 3.05) is 34.2 Å². The standard InChI is InChI=1S/C21H27N3O2/c1-16(22-20(25)14-24(4)15-21(26)23(2)3)17-10-12-19(13-11-17)18-8-6-5-7-9-18/h5-13,16H,14-15H2,1-4H3,(H,22,25). The molecule has 1 unspecified atom stereocenters. The van der Waals surface area contributed by atoms with Gasteiger partial charge >= 0.3 is 0 Å². The second kappa shape index (κ2) is 9.15. The normalized spacial score (nSPS) is 11.9. The molecule has 2 aromatic carbocycles. The molecule has 0 saturated carbocycles. The molecule has 5 heteroatoms. The van der Waals surface area contributed by atoms with Gasteiger partial charge in [0.25, 0.3) is 0 Å². The second-order valence-electron chi connectivity index (χ2n) is 6.74. The number of likely N-dealkylation sites (N-methyl/N-ethyl adjacent to an activating group) is 2. The van der Waals surface area contributed by atoms with Crippen molar-refractivity contribution in [3.8, 4) is 11.1 Å². The number of amides is 2. The number of benzene rings is 2. The Bertz CT molecular complexity index is 727. The fraction of sp³-hybridized carbons (Fsp3) is 0.333. The Kier molecular flexibility index (Phi) is 6.92. The average molecular weight is 353 g/mol. The molecule has 0 saturated heterocycles. The van der Waals surface area contributed by atoms with Gasteiger partial charge in [-0.1, -0.05) is 54.6 Å². The molecule has 2 amide bonds. The first kappa shape index (κ1) is 19.7. The molecule has 1 N–H and O–H groups in total. The van der Waals surface area contributed by atoms with Gasteiger partial charge in [-0.15, -0.1) is 0 Å². The highest BCUT2D eigenvalue weighted by molar-refractivity contribution is 5.81. The first-order chi connectivity index (χ1) is 12.4. The van der Waals surface area contributed by atoms with E-state index in [1.165, 1.54) is 10.5 Å². The molecule has 0 aliphatic carbocycles. The molecular formula is C21H27N3O2. The lowest BCUT2D eigenvalue weighted by molar-refractivity contribution is -0.130. The molecule has 26 heavy (non-hydrogen) atoms. The van der Waals surface area contributed by atoms with E-state index in [2.05, 4.69) is 29.6 Å². The summed E-state index contributed by atoms with van der Waals surface area (Å²) in [5.41, 5.74) is 3.36. The van der Waals surface area contributed by atoms with Gasteiger partial charge < -0.3 is 10.2 Å². The third-order valence-electron chi connectivity index (χ3n) is 4.21. The zero-order valence-corrected chi connectivity index (χ0v) is 15.9. The minimum atomic E-state index is -0.0984. The molecule has 0 aliphatic rings. The van der Waals surface area contributed by atoms with E-state index in [0.717, 1.165) is 11.1 Å². The summed E-state index contributed by atoms with van der Waals surface area (Å²) in [7, 11) is 5.18. The van der Waals surface area contributed by atoms with Crippen molar-refractivity contribution < 1.29 is 9.59 Å². The Morgan fingerprint density at radius 1 is 0.885 bits per heavy atom. The van der Waals surface area contributed by atoms with Crippen molar-refractivity contribution in [1.82, 2.24) is 15.1 Å². The van der Waals surface area contributed by atoms with Gasteiger partial charge in [-0.2, -0.15) is 0 Å². The van der Waals surface area contributed by atoms with Crippen molar-refractivity contribution in [1.29, 1.82) is 0 Å². The smallest absolute Gasteiger partial charge is 0.236 e. The van der Waals surface area contributed by atoms with Crippen molar-refractivity contribution in [3.05, 3.63) is 60.2 Å². The summed E-state index contributed by atoms with van der Waals surface area (Å²) in [6, 6.07) is 18.3. The Hall–Kier alpha value is -2.66. The van der Waals surface area contributed by atoms with Crippen LogP contribution in [0.4, 0.5) is 0 Å². The van der Waals surface area contributed by atoms with Gasteiger partial charge in [0.2, 0.25) is 11.8 Å². The van der Waals surface area contributed by atoms with Crippen LogP contribution in [0.2, 0.25) is 0 Å². The van der Waals surface area contributed by atoms with Crippen LogP contribution in [0.15, 0.2) is 54.6 Å². The van der Waals surface area contributed by atoms with Crippen LogP contribution in [-0.2, 0) is 9.59 Å². The highest BCUT2D eigenvalue weighted by Gasteiger charge is 2.14. The molecule has 2 rings (SSSR count). The highest BCUT2D eigenvalue weighted by Crippen LogP contribution is 2.21. The molecule has 0 aliphatic heterocycles. The number of nitrogens with zero attached hydrogens (tertiary/aromatic N) is 2. The quantitative estimate of drug-likeness (QED) is 0.832. The zero-order chi connectivity index (χ0) is 19.1. The Balaban J connectivity index is 1.89. The molecule has 138 valence electrons. The summed E-state index contributed by atoms with van der Waals surface area (Å²) in [5.74, 6) is -0.122. The molecular weight excluding hydrogens is 326 g/mol. The largest absolute Gasteiger partial charge is 0.348 e. The topological polar surface area (TPSA) is 52.7 Å². The lowest BCUT2D eigenvalue weighted by Gasteiger charge is -2.20. The summed E-state index contributed by atoms with van der Waals surface area (Å²) >= 11 is 0. The van der Waals surface area contributed by atoms with Crippen LogP contribution in [0, 0.1) is 0 Å². The predicted octanol–water partition coefficient (Wildman–Crippen LogP) is 2.55. The fourth-order valence-corrected chi connectivity index (χ4v) is 2.64. The number of rotatable bonds is 7. The van der Waals surface area contributed by atoms with Crippen LogP contribution in [0.25, 0.3) is 11.1 Å². The number of hydrogen-bond donors (Lipinski definition) is 1. The Labute approximate surface area is 155 Å². The molecule has 1 atom stereocenters. The first-order valence-electron chi connectivity index (χ1n) is 8.70. The Morgan fingerprint density at radius 3 is 2.04 bits per heavy atom. The van der Waals surface area contributed by atoms with Crippen molar-refractivity contribution in [2.45, 2.75) is 13.0 Å². The fourth-order valence-electron chi connectivity index (χ4n) is 2.64. The van der Waals surface area contributed by atoms with Gasteiger partial charge in [0.1, 0.15) is 0 Å². The van der Waals surface area contributed by atoms with Crippen molar-refractivity contribution in [3.63, 3.8) is 0 Å². The second-order valence-corrected chi connectivity index (χ2v) is 6.74. The molecule has 0 radical (unpaired) electrons. The van der Waals surface area contributed by atoms with E-state index < -0.39 is 0 Å². The van der Waals surface area contributed by atoms with E-state index in [1.54, 1.807) is 26.0 Å². The van der Waals surface area contributed by atoms with E-state index in [9.17, 15) is 9.59 Å². The summed E-state index contributed by atoms with van der Waals surface area (Å²) in [6.07, 6.45) is 0. The zero-order valence-electron chi connectivity index (χ0n) is 15.9. The summed E-state index contributed by atoms with van der Waals surface area (Å²) < 4.78 is 0. The van der Waals surface area contributed by atoms with E-state index >= 15 is 0 Å². The van der Waals surface area contributed by atoms with Crippen molar-refractivity contribution in [2.24, 2.45) is 0 Å². The summed E-state index contributed by atoms with van der Waals surface area (Å²) in [5, 5.41) is 2.98. The lowest BCUT2D eigenvalue weighted by Crippen LogP contribution is -2.41. The summed E-state index contributed by atoms with van der Waals surface area (Å²) in [6.45, 7) is 2.37. The number of hydrogen-bond acceptors (Lipinski definition) is 3. The van der Waals surface area contributed by atoms with Crippen LogP contribution < -0.4 is 5.32 Å². The maximum absolute atomic E-state index is 12.2. The van der Waals surface area contributed by atoms with Gasteiger partial charge in [-0.3, -0.25) is 14.5 Å². The molecule has 5 nitrogen and oxygen atoms in total. The first-order valence-corrected chi connectivity index (χ1v) is 8.70. The maximum atomic E-state index is 12.2. The maximum Gasteiger partial charge on any atom is 0.236 e. The van der Waals surface area contributed by atoms with Crippen LogP contribution in [-0.4, -0.2) is 55.8 Å². The van der Waals surface area contributed by atoms with E-state index in [0.29, 0.717) is 0 Å². The number of carbonyl (C=O) groups excluding carboxylic acids is 2. The SMILES string of the molecule is CC(NC(=O)CN(C)CC(=O)N(C)C)c1ccc(-c2ccccc2)cc1. The predicted molar refractivity (Wildman–Crippen MR) is 105 cm³/mol. The molecule has 0 aromatic heterocycles. The highest BCUT2D eigenvalue weighted by atomic mass is 16.2. The summed E-state index contributed by atoms with van der Waals surface area (Å²) in [4.78, 5) is 27.1. The lowest BCUT2D eigenvalue weighted by atomic mass is 10.0. The van der Waals surface area contributed by atoms with E-state index in [4.69, 9.17) is 0 Å². The number of carbonyl (C=O) groups is 2. The monoisotopic (exact) mass is 353 g/mol. The van der Waals surface area contributed by atoms with Crippen LogP contribution in [0.3, 0.4) is 0 Å². The van der Waals surface area contributed by atoms with Gasteiger partial charge in [-0.05, 0) is 30.7 Å². The van der Waals surface area contributed by atoms with Gasteiger partial charge in [-0.25, -0.2) is 0 Å². The van der Waals surface area contributed by atoms with Crippen LogP contribution >= 0.6 is 0 Å². The van der Waals surface area contributed by atoms with Gasteiger partial charge in [0, 0.05) is 14.1 Å². The van der Waals surface area contributed by atoms with Crippen molar-refractivity contribution >= 4 is 11.8 Å². The average Bonchev–Trinajstić information content (AvgIpc) is 2.62. The van der Waals surface area contributed by atoms with Gasteiger partial charge in [0.05, 0.1) is 19.1 Å². The minimum Gasteiger partial charge on any atom is -0.348 e. The minimum absolute atomic E-state index is 0.0233. The van der Waals surface area contributed by atoms with Gasteiger partial charge in [0.15, 0.2) is 0 Å². The molecule has 0 spiro atoms. The third kappa shape index (κ3) is 5.70. The molecule has 0 bridgehead atoms. The van der Waals surface area contributed by atoms with Crippen LogP contribution in [0.5, 0.6) is 0 Å². The third-order valence-corrected chi connectivity index (χ3v) is 4.21. The molecule has 2 aromatic rings. The Morgan fingerprint density at radius 2 is 1.46 bits per heavy atom. The van der Waals surface area contributed by atoms with E-state index in [-0.39, 0.29) is 30.9 Å². The number of nitrogens with one attached hydrogen (secondary N) is 1. The van der Waals surface area contributed by atoms with E-state index in [1.807, 2.05) is 37.3 Å².